The van der Waals surface area contributed by atoms with E-state index in [2.05, 4.69) is 27.0 Å². The van der Waals surface area contributed by atoms with Crippen molar-refractivity contribution in [2.24, 2.45) is 0 Å². The van der Waals surface area contributed by atoms with E-state index in [-0.39, 0.29) is 11.0 Å². The Morgan fingerprint density at radius 3 is 2.79 bits per heavy atom. The second-order valence-corrected chi connectivity index (χ2v) is 7.12. The lowest BCUT2D eigenvalue weighted by Gasteiger charge is -2.41. The van der Waals surface area contributed by atoms with Crippen LogP contribution in [-0.2, 0) is 11.8 Å². The molecule has 0 saturated carbocycles. The second-order valence-electron chi connectivity index (χ2n) is 7.12. The first-order valence-corrected chi connectivity index (χ1v) is 8.55. The summed E-state index contributed by atoms with van der Waals surface area (Å²) in [7, 11) is 3.83. The van der Waals surface area contributed by atoms with Gasteiger partial charge in [0.2, 0.25) is 5.95 Å². The number of piperidine rings is 1. The Balaban J connectivity index is 1.74. The smallest absolute Gasteiger partial charge is 0.255 e. The molecule has 1 aliphatic heterocycles. The fraction of sp³-hybridized carbons (Fsp3) is 0.500. The summed E-state index contributed by atoms with van der Waals surface area (Å²) in [6, 6.07) is 4.12. The van der Waals surface area contributed by atoms with Crippen LogP contribution in [0.5, 0.6) is 0 Å². The summed E-state index contributed by atoms with van der Waals surface area (Å²) in [4.78, 5) is 28.6. The minimum Gasteiger partial charge on any atom is -0.370 e. The van der Waals surface area contributed by atoms with E-state index in [0.717, 1.165) is 50.0 Å². The van der Waals surface area contributed by atoms with E-state index >= 15 is 0 Å². The molecule has 2 aliphatic rings. The highest BCUT2D eigenvalue weighted by Gasteiger charge is 2.44. The number of nitrogens with zero attached hydrogens (tertiary/aromatic N) is 4. The maximum absolute atomic E-state index is 12.5. The van der Waals surface area contributed by atoms with E-state index in [1.807, 2.05) is 31.4 Å². The van der Waals surface area contributed by atoms with Gasteiger partial charge in [0.05, 0.1) is 5.69 Å². The average Bonchev–Trinajstić information content (AvgIpc) is 2.94. The number of fused-ring (bicyclic) bond motifs is 2. The van der Waals surface area contributed by atoms with Crippen molar-refractivity contribution in [3.8, 4) is 0 Å². The monoisotopic (exact) mass is 325 g/mol. The zero-order valence-electron chi connectivity index (χ0n) is 14.2. The number of hydrogen-bond acceptors (Lipinski definition) is 5. The van der Waals surface area contributed by atoms with Gasteiger partial charge in [0.1, 0.15) is 0 Å². The fourth-order valence-electron chi connectivity index (χ4n) is 4.16. The molecule has 0 radical (unpaired) electrons. The van der Waals surface area contributed by atoms with Gasteiger partial charge in [0.15, 0.2) is 0 Å². The van der Waals surface area contributed by atoms with Crippen molar-refractivity contribution >= 4 is 11.6 Å². The summed E-state index contributed by atoms with van der Waals surface area (Å²) in [6.07, 6.45) is 7.74. The van der Waals surface area contributed by atoms with Crippen LogP contribution in [0.25, 0.3) is 0 Å². The van der Waals surface area contributed by atoms with E-state index in [0.29, 0.717) is 5.95 Å². The largest absolute Gasteiger partial charge is 0.370 e. The Hall–Kier alpha value is -2.37. The molecule has 6 heteroatoms. The van der Waals surface area contributed by atoms with Crippen molar-refractivity contribution < 1.29 is 0 Å². The third-order valence-electron chi connectivity index (χ3n) is 5.39. The van der Waals surface area contributed by atoms with Gasteiger partial charge in [-0.25, -0.2) is 4.98 Å². The minimum absolute atomic E-state index is 0.00409. The van der Waals surface area contributed by atoms with Gasteiger partial charge in [-0.05, 0) is 37.8 Å². The molecular weight excluding hydrogens is 302 g/mol. The second kappa shape index (κ2) is 5.61. The molecule has 2 aromatic heterocycles. The number of pyridine rings is 1. The standard InChI is InChI=1S/C18H23N5O/c1-22(2)17-20-15-14(16(24)21-17)4-8-18(15)7-3-11-23(12-18)13-5-9-19-10-6-13/h5-6,9-10H,3-4,7-8,11-12H2,1-2H3,(H,20,21,24). The minimum atomic E-state index is -0.00409. The Kier molecular flexibility index (Phi) is 3.55. The zero-order chi connectivity index (χ0) is 16.7. The highest BCUT2D eigenvalue weighted by atomic mass is 16.1. The summed E-state index contributed by atoms with van der Waals surface area (Å²) in [5.41, 5.74) is 3.14. The van der Waals surface area contributed by atoms with Crippen LogP contribution in [0.15, 0.2) is 29.3 Å². The SMILES string of the molecule is CN(C)c1nc2c(c(=O)[nH]1)CCC21CCCN(c2ccncc2)C1. The molecule has 0 aromatic carbocycles. The van der Waals surface area contributed by atoms with Gasteiger partial charge in [-0.1, -0.05) is 0 Å². The number of rotatable bonds is 2. The van der Waals surface area contributed by atoms with Crippen molar-refractivity contribution in [2.45, 2.75) is 31.1 Å². The zero-order valence-corrected chi connectivity index (χ0v) is 14.2. The van der Waals surface area contributed by atoms with Gasteiger partial charge < -0.3 is 9.80 Å². The van der Waals surface area contributed by atoms with E-state index in [9.17, 15) is 4.79 Å². The van der Waals surface area contributed by atoms with E-state index in [1.165, 1.54) is 5.69 Å². The maximum Gasteiger partial charge on any atom is 0.255 e. The predicted molar refractivity (Wildman–Crippen MR) is 94.9 cm³/mol. The Bertz CT molecular complexity index is 801. The molecule has 1 atom stereocenters. The van der Waals surface area contributed by atoms with Crippen molar-refractivity contribution in [1.82, 2.24) is 15.0 Å². The van der Waals surface area contributed by atoms with Crippen LogP contribution < -0.4 is 15.4 Å². The molecule has 126 valence electrons. The quantitative estimate of drug-likeness (QED) is 0.911. The molecule has 6 nitrogen and oxygen atoms in total. The Morgan fingerprint density at radius 2 is 2.04 bits per heavy atom. The summed E-state index contributed by atoms with van der Waals surface area (Å²) >= 11 is 0. The van der Waals surface area contributed by atoms with Crippen LogP contribution in [-0.4, -0.2) is 42.1 Å². The van der Waals surface area contributed by atoms with Gasteiger partial charge in [-0.15, -0.1) is 0 Å². The number of aromatic amines is 1. The molecule has 1 saturated heterocycles. The summed E-state index contributed by atoms with van der Waals surface area (Å²) in [5, 5.41) is 0. The highest BCUT2D eigenvalue weighted by Crippen LogP contribution is 2.44. The molecule has 3 heterocycles. The first-order chi connectivity index (χ1) is 11.6. The highest BCUT2D eigenvalue weighted by molar-refractivity contribution is 5.48. The van der Waals surface area contributed by atoms with E-state index < -0.39 is 0 Å². The number of anilines is 2. The van der Waals surface area contributed by atoms with Crippen LogP contribution in [0.4, 0.5) is 11.6 Å². The Morgan fingerprint density at radius 1 is 1.25 bits per heavy atom. The summed E-state index contributed by atoms with van der Waals surface area (Å²) < 4.78 is 0. The molecule has 1 unspecified atom stereocenters. The lowest BCUT2D eigenvalue weighted by molar-refractivity contribution is 0.334. The molecule has 2 aromatic rings. The van der Waals surface area contributed by atoms with Gasteiger partial charge in [0, 0.05) is 56.2 Å². The number of H-pyrrole nitrogens is 1. The van der Waals surface area contributed by atoms with E-state index in [4.69, 9.17) is 4.98 Å². The van der Waals surface area contributed by atoms with Crippen molar-refractivity contribution in [2.75, 3.05) is 37.0 Å². The van der Waals surface area contributed by atoms with Crippen molar-refractivity contribution in [1.29, 1.82) is 0 Å². The normalized spacial score (nSPS) is 22.7. The summed E-state index contributed by atoms with van der Waals surface area (Å²) in [5.74, 6) is 0.654. The number of aromatic nitrogens is 3. The molecule has 1 N–H and O–H groups in total. The van der Waals surface area contributed by atoms with Crippen molar-refractivity contribution in [3.05, 3.63) is 46.1 Å². The first kappa shape index (κ1) is 15.2. The molecular formula is C18H23N5O. The fourth-order valence-corrected chi connectivity index (χ4v) is 4.16. The van der Waals surface area contributed by atoms with Gasteiger partial charge in [-0.3, -0.25) is 14.8 Å². The molecule has 24 heavy (non-hydrogen) atoms. The molecule has 1 aliphatic carbocycles. The van der Waals surface area contributed by atoms with Crippen LogP contribution >= 0.6 is 0 Å². The molecule has 4 rings (SSSR count). The average molecular weight is 325 g/mol. The number of nitrogens with one attached hydrogen (secondary N) is 1. The third-order valence-corrected chi connectivity index (χ3v) is 5.39. The van der Waals surface area contributed by atoms with E-state index in [1.54, 1.807) is 0 Å². The van der Waals surface area contributed by atoms with Crippen LogP contribution in [0.1, 0.15) is 30.5 Å². The van der Waals surface area contributed by atoms with Crippen LogP contribution in [0, 0.1) is 0 Å². The van der Waals surface area contributed by atoms with Crippen molar-refractivity contribution in [3.63, 3.8) is 0 Å². The third kappa shape index (κ3) is 2.37. The lowest BCUT2D eigenvalue weighted by Crippen LogP contribution is -2.46. The van der Waals surface area contributed by atoms with Crippen LogP contribution in [0.3, 0.4) is 0 Å². The summed E-state index contributed by atoms with van der Waals surface area (Å²) in [6.45, 7) is 1.97. The number of hydrogen-bond donors (Lipinski definition) is 1. The lowest BCUT2D eigenvalue weighted by atomic mass is 9.77. The molecule has 0 amide bonds. The van der Waals surface area contributed by atoms with Gasteiger partial charge >= 0.3 is 0 Å². The predicted octanol–water partition coefficient (Wildman–Crippen LogP) is 1.72. The molecule has 1 spiro atoms. The topological polar surface area (TPSA) is 65.1 Å². The molecule has 1 fully saturated rings. The Labute approximate surface area is 141 Å². The maximum atomic E-state index is 12.5. The molecule has 0 bridgehead atoms. The van der Waals surface area contributed by atoms with Gasteiger partial charge in [-0.2, -0.15) is 0 Å². The van der Waals surface area contributed by atoms with Gasteiger partial charge in [0.25, 0.3) is 5.56 Å². The van der Waals surface area contributed by atoms with Crippen LogP contribution in [0.2, 0.25) is 0 Å². The first-order valence-electron chi connectivity index (χ1n) is 8.55.